The fourth-order valence-corrected chi connectivity index (χ4v) is 2.26. The number of hydrogen-bond acceptors (Lipinski definition) is 2. The van der Waals surface area contributed by atoms with E-state index in [2.05, 4.69) is 21.2 Å². The Bertz CT molecular complexity index is 464. The van der Waals surface area contributed by atoms with Crippen LogP contribution in [0.2, 0.25) is 0 Å². The average Bonchev–Trinajstić information content (AvgIpc) is 2.34. The highest BCUT2D eigenvalue weighted by Crippen LogP contribution is 2.46. The minimum atomic E-state index is -5.64. The molecule has 1 rings (SSSR count). The van der Waals surface area contributed by atoms with Crippen molar-refractivity contribution in [3.63, 3.8) is 0 Å². The van der Waals surface area contributed by atoms with Gasteiger partial charge in [-0.3, -0.25) is 0 Å². The van der Waals surface area contributed by atoms with E-state index in [1.807, 2.05) is 0 Å². The molecule has 8 heteroatoms. The van der Waals surface area contributed by atoms with Gasteiger partial charge in [0.2, 0.25) is 0 Å². The second-order valence-corrected chi connectivity index (χ2v) is 4.85. The van der Waals surface area contributed by atoms with Crippen molar-refractivity contribution in [1.29, 1.82) is 0 Å². The summed E-state index contributed by atoms with van der Waals surface area (Å²) >= 11 is 3.00. The highest BCUT2D eigenvalue weighted by atomic mass is 79.9. The smallest absolute Gasteiger partial charge is 0.455 e. The number of nitrogens with one attached hydrogen (secondary N) is 1. The second-order valence-electron chi connectivity index (χ2n) is 4.00. The third kappa shape index (κ3) is 3.41. The van der Waals surface area contributed by atoms with Gasteiger partial charge in [-0.1, -0.05) is 28.9 Å². The van der Waals surface area contributed by atoms with E-state index in [0.717, 1.165) is 0 Å². The standard InChI is InChI=1S/C12H13BrF5NO/c1-3-19-10(11(14,15)12(16,17)18)8-5-4-7(20-2)6-9(8)13/h4-6,10,19H,3H2,1-2H3. The molecule has 2 nitrogen and oxygen atoms in total. The molecule has 1 aromatic rings. The number of ether oxygens (including phenoxy) is 1. The van der Waals surface area contributed by atoms with Crippen LogP contribution in [0.3, 0.4) is 0 Å². The summed E-state index contributed by atoms with van der Waals surface area (Å²) in [4.78, 5) is 0. The summed E-state index contributed by atoms with van der Waals surface area (Å²) < 4.78 is 69.8. The van der Waals surface area contributed by atoms with Crippen LogP contribution < -0.4 is 10.1 Å². The Labute approximate surface area is 121 Å². The topological polar surface area (TPSA) is 21.3 Å². The summed E-state index contributed by atoms with van der Waals surface area (Å²) in [6.45, 7) is 1.42. The first kappa shape index (κ1) is 17.2. The molecule has 0 amide bonds. The molecule has 0 fully saturated rings. The van der Waals surface area contributed by atoms with Crippen molar-refractivity contribution >= 4 is 15.9 Å². The Balaban J connectivity index is 3.27. The first-order valence-electron chi connectivity index (χ1n) is 5.66. The van der Waals surface area contributed by atoms with Gasteiger partial charge < -0.3 is 10.1 Å². The molecule has 0 aliphatic heterocycles. The van der Waals surface area contributed by atoms with Crippen LogP contribution in [-0.4, -0.2) is 25.8 Å². The highest BCUT2D eigenvalue weighted by molar-refractivity contribution is 9.10. The van der Waals surface area contributed by atoms with Crippen LogP contribution in [0, 0.1) is 0 Å². The summed E-state index contributed by atoms with van der Waals surface area (Å²) in [5.74, 6) is -4.54. The van der Waals surface area contributed by atoms with E-state index < -0.39 is 18.1 Å². The summed E-state index contributed by atoms with van der Waals surface area (Å²) in [7, 11) is 1.37. The number of alkyl halides is 5. The SMILES string of the molecule is CCNC(c1ccc(OC)cc1Br)C(F)(F)C(F)(F)F. The predicted octanol–water partition coefficient (Wildman–Crippen LogP) is 4.31. The van der Waals surface area contributed by atoms with Crippen molar-refractivity contribution in [2.45, 2.75) is 25.1 Å². The third-order valence-corrected chi connectivity index (χ3v) is 3.35. The molecule has 0 heterocycles. The molecule has 114 valence electrons. The van der Waals surface area contributed by atoms with E-state index in [-0.39, 0.29) is 16.6 Å². The first-order chi connectivity index (χ1) is 9.15. The fraction of sp³-hybridized carbons (Fsp3) is 0.500. The van der Waals surface area contributed by atoms with E-state index >= 15 is 0 Å². The van der Waals surface area contributed by atoms with Gasteiger partial charge in [0.15, 0.2) is 0 Å². The lowest BCUT2D eigenvalue weighted by Gasteiger charge is -2.30. The van der Waals surface area contributed by atoms with Crippen molar-refractivity contribution in [3.8, 4) is 5.75 Å². The van der Waals surface area contributed by atoms with Gasteiger partial charge >= 0.3 is 12.1 Å². The van der Waals surface area contributed by atoms with Gasteiger partial charge in [0, 0.05) is 4.47 Å². The first-order valence-corrected chi connectivity index (χ1v) is 6.45. The molecular weight excluding hydrogens is 349 g/mol. The molecule has 0 aliphatic carbocycles. The van der Waals surface area contributed by atoms with Gasteiger partial charge in [0.1, 0.15) is 11.8 Å². The fourth-order valence-electron chi connectivity index (χ4n) is 1.67. The monoisotopic (exact) mass is 361 g/mol. The van der Waals surface area contributed by atoms with Gasteiger partial charge in [0.05, 0.1) is 7.11 Å². The summed E-state index contributed by atoms with van der Waals surface area (Å²) in [6.07, 6.45) is -5.64. The van der Waals surface area contributed by atoms with Crippen molar-refractivity contribution in [2.24, 2.45) is 0 Å². The molecule has 0 saturated heterocycles. The quantitative estimate of drug-likeness (QED) is 0.789. The molecule has 20 heavy (non-hydrogen) atoms. The Morgan fingerprint density at radius 2 is 1.85 bits per heavy atom. The molecule has 0 bridgehead atoms. The molecule has 1 N–H and O–H groups in total. The van der Waals surface area contributed by atoms with Gasteiger partial charge in [0.25, 0.3) is 0 Å². The van der Waals surface area contributed by atoms with Crippen LogP contribution in [0.1, 0.15) is 18.5 Å². The molecule has 0 spiro atoms. The summed E-state index contributed by atoms with van der Waals surface area (Å²) in [5, 5.41) is 2.18. The molecule has 0 aromatic heterocycles. The van der Waals surface area contributed by atoms with Crippen LogP contribution in [0.4, 0.5) is 22.0 Å². The van der Waals surface area contributed by atoms with Crippen molar-refractivity contribution in [3.05, 3.63) is 28.2 Å². The van der Waals surface area contributed by atoms with Crippen LogP contribution in [-0.2, 0) is 0 Å². The Kier molecular flexibility index (Phi) is 5.37. The normalized spacial score (nSPS) is 14.2. The lowest BCUT2D eigenvalue weighted by molar-refractivity contribution is -0.294. The van der Waals surface area contributed by atoms with Crippen LogP contribution in [0.5, 0.6) is 5.75 Å². The lowest BCUT2D eigenvalue weighted by Crippen LogP contribution is -2.48. The van der Waals surface area contributed by atoms with Crippen LogP contribution >= 0.6 is 15.9 Å². The maximum atomic E-state index is 13.6. The van der Waals surface area contributed by atoms with Gasteiger partial charge in [-0.25, -0.2) is 0 Å². The lowest BCUT2D eigenvalue weighted by atomic mass is 9.99. The zero-order valence-corrected chi connectivity index (χ0v) is 12.3. The molecule has 0 aliphatic rings. The van der Waals surface area contributed by atoms with E-state index in [4.69, 9.17) is 4.74 Å². The minimum Gasteiger partial charge on any atom is -0.497 e. The molecule has 1 atom stereocenters. The molecule has 1 unspecified atom stereocenters. The van der Waals surface area contributed by atoms with E-state index in [9.17, 15) is 22.0 Å². The minimum absolute atomic E-state index is 0.0329. The van der Waals surface area contributed by atoms with E-state index in [1.54, 1.807) is 0 Å². The number of hydrogen-bond donors (Lipinski definition) is 1. The Morgan fingerprint density at radius 1 is 1.25 bits per heavy atom. The summed E-state index contributed by atoms with van der Waals surface area (Å²) in [5.41, 5.74) is -0.185. The maximum Gasteiger partial charge on any atom is 0.455 e. The Morgan fingerprint density at radius 3 is 2.25 bits per heavy atom. The van der Waals surface area contributed by atoms with E-state index in [0.29, 0.717) is 5.75 Å². The number of halogens is 6. The third-order valence-electron chi connectivity index (χ3n) is 2.67. The van der Waals surface area contributed by atoms with Crippen molar-refractivity contribution in [2.75, 3.05) is 13.7 Å². The number of benzene rings is 1. The van der Waals surface area contributed by atoms with Gasteiger partial charge in [-0.2, -0.15) is 22.0 Å². The maximum absolute atomic E-state index is 13.6. The predicted molar refractivity (Wildman–Crippen MR) is 68.1 cm³/mol. The number of methoxy groups -OCH3 is 1. The average molecular weight is 362 g/mol. The van der Waals surface area contributed by atoms with Gasteiger partial charge in [-0.15, -0.1) is 0 Å². The highest BCUT2D eigenvalue weighted by Gasteiger charge is 2.62. The molecule has 0 saturated carbocycles. The second kappa shape index (κ2) is 6.26. The summed E-state index contributed by atoms with van der Waals surface area (Å²) in [6, 6.07) is 1.67. The van der Waals surface area contributed by atoms with E-state index in [1.165, 1.54) is 32.2 Å². The van der Waals surface area contributed by atoms with Crippen molar-refractivity contribution < 1.29 is 26.7 Å². The van der Waals surface area contributed by atoms with Crippen LogP contribution in [0.15, 0.2) is 22.7 Å². The molecular formula is C12H13BrF5NO. The largest absolute Gasteiger partial charge is 0.497 e. The molecule has 0 radical (unpaired) electrons. The van der Waals surface area contributed by atoms with Crippen LogP contribution in [0.25, 0.3) is 0 Å². The zero-order chi connectivity index (χ0) is 15.6. The number of rotatable bonds is 5. The zero-order valence-electron chi connectivity index (χ0n) is 10.7. The molecule has 1 aromatic carbocycles. The Hall–Kier alpha value is -0.890. The van der Waals surface area contributed by atoms with Gasteiger partial charge in [-0.05, 0) is 24.2 Å². The van der Waals surface area contributed by atoms with Crippen molar-refractivity contribution in [1.82, 2.24) is 5.32 Å².